The van der Waals surface area contributed by atoms with Crippen LogP contribution < -0.4 is 10.0 Å². The van der Waals surface area contributed by atoms with E-state index >= 15 is 0 Å². The zero-order valence-electron chi connectivity index (χ0n) is 13.9. The fourth-order valence-corrected chi connectivity index (χ4v) is 2.64. The van der Waals surface area contributed by atoms with Crippen molar-refractivity contribution in [3.05, 3.63) is 29.0 Å². The number of aromatic nitrogens is 5. The van der Waals surface area contributed by atoms with Gasteiger partial charge in [0.05, 0.1) is 12.5 Å². The Bertz CT molecular complexity index is 837. The third-order valence-corrected chi connectivity index (χ3v) is 3.71. The quantitative estimate of drug-likeness (QED) is 0.727. The van der Waals surface area contributed by atoms with Crippen LogP contribution in [0.2, 0.25) is 0 Å². The van der Waals surface area contributed by atoms with E-state index in [-0.39, 0.29) is 18.3 Å². The summed E-state index contributed by atoms with van der Waals surface area (Å²) in [5.74, 6) is 0.461. The first-order valence-corrected chi connectivity index (χ1v) is 8.98. The molecule has 0 aliphatic rings. The molecular formula is C13H19N7O3S. The molecule has 24 heavy (non-hydrogen) atoms. The highest BCUT2D eigenvalue weighted by Crippen LogP contribution is 2.09. The highest BCUT2D eigenvalue weighted by molar-refractivity contribution is 7.92. The summed E-state index contributed by atoms with van der Waals surface area (Å²) in [6.45, 7) is 5.77. The lowest BCUT2D eigenvalue weighted by atomic mass is 10.1. The van der Waals surface area contributed by atoms with Crippen LogP contribution >= 0.6 is 0 Å². The minimum Gasteiger partial charge on any atom is -0.350 e. The minimum atomic E-state index is -3.43. The van der Waals surface area contributed by atoms with E-state index in [0.717, 1.165) is 23.2 Å². The Morgan fingerprint density at radius 1 is 1.21 bits per heavy atom. The zero-order valence-corrected chi connectivity index (χ0v) is 14.7. The molecule has 0 saturated heterocycles. The molecule has 0 atom stereocenters. The lowest BCUT2D eigenvalue weighted by Gasteiger charge is -2.10. The number of hydrogen-bond acceptors (Lipinski definition) is 7. The number of amides is 1. The van der Waals surface area contributed by atoms with Crippen molar-refractivity contribution in [3.63, 3.8) is 0 Å². The number of nitrogens with one attached hydrogen (secondary N) is 2. The summed E-state index contributed by atoms with van der Waals surface area (Å²) < 4.78 is 25.6. The largest absolute Gasteiger partial charge is 0.350 e. The molecule has 2 N–H and O–H groups in total. The van der Waals surface area contributed by atoms with E-state index in [9.17, 15) is 13.2 Å². The standard InChI is InChI=1S/C13H19N7O3S/c1-8-11(9(2)16-10(3)15-8)5-14-13(21)7-20-6-12(17-19-20)18-24(4,22)23/h6,18H,5,7H2,1-4H3,(H,14,21). The van der Waals surface area contributed by atoms with E-state index in [1.165, 1.54) is 10.9 Å². The van der Waals surface area contributed by atoms with Gasteiger partial charge in [0, 0.05) is 23.5 Å². The molecule has 2 aromatic heterocycles. The number of anilines is 1. The van der Waals surface area contributed by atoms with Crippen molar-refractivity contribution in [2.75, 3.05) is 11.0 Å². The average molecular weight is 353 g/mol. The topological polar surface area (TPSA) is 132 Å². The fraction of sp³-hybridized carbons (Fsp3) is 0.462. The Hall–Kier alpha value is -2.56. The van der Waals surface area contributed by atoms with E-state index in [2.05, 4.69) is 30.3 Å². The predicted molar refractivity (Wildman–Crippen MR) is 86.6 cm³/mol. The molecule has 0 unspecified atom stereocenters. The molecular weight excluding hydrogens is 334 g/mol. The van der Waals surface area contributed by atoms with Crippen molar-refractivity contribution in [1.82, 2.24) is 30.3 Å². The third kappa shape index (κ3) is 4.98. The van der Waals surface area contributed by atoms with Crippen LogP contribution in [-0.4, -0.2) is 45.5 Å². The molecule has 2 rings (SSSR count). The number of hydrogen-bond donors (Lipinski definition) is 2. The number of sulfonamides is 1. The second-order valence-corrected chi connectivity index (χ2v) is 7.12. The van der Waals surface area contributed by atoms with Gasteiger partial charge >= 0.3 is 0 Å². The van der Waals surface area contributed by atoms with Crippen LogP contribution in [0.15, 0.2) is 6.20 Å². The van der Waals surface area contributed by atoms with Crippen LogP contribution in [0.1, 0.15) is 22.8 Å². The SMILES string of the molecule is Cc1nc(C)c(CNC(=O)Cn2cc(NS(C)(=O)=O)nn2)c(C)n1. The normalized spacial score (nSPS) is 11.3. The van der Waals surface area contributed by atoms with E-state index in [0.29, 0.717) is 12.4 Å². The van der Waals surface area contributed by atoms with E-state index in [1.807, 2.05) is 20.8 Å². The molecule has 0 aliphatic carbocycles. The molecule has 0 spiro atoms. The van der Waals surface area contributed by atoms with Gasteiger partial charge < -0.3 is 5.32 Å². The van der Waals surface area contributed by atoms with Crippen molar-refractivity contribution >= 4 is 21.7 Å². The zero-order chi connectivity index (χ0) is 17.9. The molecule has 0 radical (unpaired) electrons. The summed E-state index contributed by atoms with van der Waals surface area (Å²) in [4.78, 5) is 20.5. The van der Waals surface area contributed by atoms with Gasteiger partial charge in [-0.15, -0.1) is 5.10 Å². The Labute approximate surface area is 139 Å². The smallest absolute Gasteiger partial charge is 0.242 e. The summed E-state index contributed by atoms with van der Waals surface area (Å²) >= 11 is 0. The van der Waals surface area contributed by atoms with Crippen LogP contribution in [-0.2, 0) is 27.9 Å². The third-order valence-electron chi connectivity index (χ3n) is 3.13. The molecule has 10 nitrogen and oxygen atoms in total. The summed E-state index contributed by atoms with van der Waals surface area (Å²) in [7, 11) is -3.43. The highest BCUT2D eigenvalue weighted by Gasteiger charge is 2.11. The fourth-order valence-electron chi connectivity index (χ4n) is 2.17. The molecule has 1 amide bonds. The lowest BCUT2D eigenvalue weighted by Crippen LogP contribution is -2.28. The molecule has 0 aliphatic heterocycles. The van der Waals surface area contributed by atoms with Gasteiger partial charge in [0.15, 0.2) is 5.82 Å². The Morgan fingerprint density at radius 3 is 2.42 bits per heavy atom. The van der Waals surface area contributed by atoms with Crippen LogP contribution in [0.3, 0.4) is 0 Å². The Morgan fingerprint density at radius 2 is 1.83 bits per heavy atom. The van der Waals surface area contributed by atoms with Crippen LogP contribution in [0.5, 0.6) is 0 Å². The first kappa shape index (κ1) is 17.8. The maximum Gasteiger partial charge on any atom is 0.242 e. The minimum absolute atomic E-state index is 0.0592. The van der Waals surface area contributed by atoms with Gasteiger partial charge in [0.2, 0.25) is 15.9 Å². The maximum atomic E-state index is 12.0. The highest BCUT2D eigenvalue weighted by atomic mass is 32.2. The Kier molecular flexibility index (Phi) is 5.12. The summed E-state index contributed by atoms with van der Waals surface area (Å²) in [5.41, 5.74) is 2.51. The summed E-state index contributed by atoms with van der Waals surface area (Å²) in [6.07, 6.45) is 2.35. The molecule has 0 fully saturated rings. The number of rotatable bonds is 6. The first-order valence-electron chi connectivity index (χ1n) is 7.09. The lowest BCUT2D eigenvalue weighted by molar-refractivity contribution is -0.122. The van der Waals surface area contributed by atoms with E-state index in [4.69, 9.17) is 0 Å². The molecule has 0 bridgehead atoms. The van der Waals surface area contributed by atoms with Gasteiger partial charge in [0.25, 0.3) is 0 Å². The molecule has 130 valence electrons. The van der Waals surface area contributed by atoms with Gasteiger partial charge in [-0.05, 0) is 20.8 Å². The van der Waals surface area contributed by atoms with E-state index < -0.39 is 10.0 Å². The van der Waals surface area contributed by atoms with Crippen molar-refractivity contribution in [2.24, 2.45) is 0 Å². The van der Waals surface area contributed by atoms with Gasteiger partial charge in [-0.25, -0.2) is 23.1 Å². The monoisotopic (exact) mass is 353 g/mol. The van der Waals surface area contributed by atoms with Gasteiger partial charge in [-0.1, -0.05) is 5.21 Å². The first-order chi connectivity index (χ1) is 11.1. The second-order valence-electron chi connectivity index (χ2n) is 5.37. The second kappa shape index (κ2) is 6.91. The summed E-state index contributed by atoms with van der Waals surface area (Å²) in [6, 6.07) is 0. The Balaban J connectivity index is 1.95. The van der Waals surface area contributed by atoms with Crippen molar-refractivity contribution in [1.29, 1.82) is 0 Å². The average Bonchev–Trinajstić information content (AvgIpc) is 2.82. The number of aryl methyl sites for hydroxylation is 3. The maximum absolute atomic E-state index is 12.0. The molecule has 2 heterocycles. The molecule has 0 aromatic carbocycles. The predicted octanol–water partition coefficient (Wildman–Crippen LogP) is -0.319. The van der Waals surface area contributed by atoms with E-state index in [1.54, 1.807) is 0 Å². The van der Waals surface area contributed by atoms with Gasteiger partial charge in [-0.2, -0.15) is 0 Å². The van der Waals surface area contributed by atoms with Crippen LogP contribution in [0.25, 0.3) is 0 Å². The van der Waals surface area contributed by atoms with Crippen molar-refractivity contribution in [3.8, 4) is 0 Å². The number of carbonyl (C=O) groups is 1. The number of carbonyl (C=O) groups excluding carboxylic acids is 1. The van der Waals surface area contributed by atoms with Crippen molar-refractivity contribution < 1.29 is 13.2 Å². The molecule has 11 heteroatoms. The van der Waals surface area contributed by atoms with Gasteiger partial charge in [-0.3, -0.25) is 9.52 Å². The number of nitrogens with zero attached hydrogens (tertiary/aromatic N) is 5. The summed E-state index contributed by atoms with van der Waals surface area (Å²) in [5, 5.41) is 10.1. The van der Waals surface area contributed by atoms with Crippen LogP contribution in [0.4, 0.5) is 5.82 Å². The van der Waals surface area contributed by atoms with Crippen LogP contribution in [0, 0.1) is 20.8 Å². The molecule has 0 saturated carbocycles. The van der Waals surface area contributed by atoms with Gasteiger partial charge in [0.1, 0.15) is 12.4 Å². The van der Waals surface area contributed by atoms with Crippen molar-refractivity contribution in [2.45, 2.75) is 33.9 Å². The molecule has 2 aromatic rings.